The summed E-state index contributed by atoms with van der Waals surface area (Å²) in [6, 6.07) is 20.1. The average Bonchev–Trinajstić information content (AvgIpc) is 3.29. The molecule has 6 rings (SSSR count). The Morgan fingerprint density at radius 1 is 0.900 bits per heavy atom. The van der Waals surface area contributed by atoms with Gasteiger partial charge in [0.15, 0.2) is 0 Å². The third-order valence-electron chi connectivity index (χ3n) is 8.27. The number of fused-ring (bicyclic) bond motifs is 1. The predicted octanol–water partition coefficient (Wildman–Crippen LogP) is 4.55. The van der Waals surface area contributed by atoms with Gasteiger partial charge in [0.2, 0.25) is 11.8 Å². The zero-order chi connectivity index (χ0) is 27.6. The summed E-state index contributed by atoms with van der Waals surface area (Å²) in [5.41, 5.74) is 4.67. The Labute approximate surface area is 232 Å². The van der Waals surface area contributed by atoms with E-state index in [1.807, 2.05) is 12.1 Å². The van der Waals surface area contributed by atoms with Crippen molar-refractivity contribution < 1.29 is 23.5 Å². The second-order valence-electron chi connectivity index (χ2n) is 10.9. The van der Waals surface area contributed by atoms with Gasteiger partial charge in [-0.1, -0.05) is 42.5 Å². The minimum atomic E-state index is -0.648. The average molecular weight is 542 g/mol. The first kappa shape index (κ1) is 26.2. The van der Waals surface area contributed by atoms with Crippen LogP contribution in [-0.4, -0.2) is 46.7 Å². The largest absolute Gasteiger partial charge is 0.489 e. The van der Waals surface area contributed by atoms with Crippen molar-refractivity contribution in [1.82, 2.24) is 15.1 Å². The van der Waals surface area contributed by atoms with Crippen LogP contribution in [0.25, 0.3) is 0 Å². The van der Waals surface area contributed by atoms with Crippen molar-refractivity contribution in [3.05, 3.63) is 100 Å². The quantitative estimate of drug-likeness (QED) is 0.444. The minimum absolute atomic E-state index is 0.164. The number of rotatable bonds is 7. The topological polar surface area (TPSA) is 79.0 Å². The molecule has 1 atom stereocenters. The molecule has 0 aliphatic carbocycles. The van der Waals surface area contributed by atoms with Gasteiger partial charge in [-0.2, -0.15) is 0 Å². The molecule has 0 saturated carbocycles. The van der Waals surface area contributed by atoms with Crippen molar-refractivity contribution in [3.8, 4) is 5.75 Å². The number of benzene rings is 3. The van der Waals surface area contributed by atoms with Gasteiger partial charge in [0.25, 0.3) is 5.91 Å². The minimum Gasteiger partial charge on any atom is -0.489 e. The van der Waals surface area contributed by atoms with Gasteiger partial charge in [-0.15, -0.1) is 0 Å². The van der Waals surface area contributed by atoms with Crippen LogP contribution in [0.5, 0.6) is 5.75 Å². The first-order chi connectivity index (χ1) is 19.4. The summed E-state index contributed by atoms with van der Waals surface area (Å²) in [6.45, 7) is 3.49. The Morgan fingerprint density at radius 3 is 2.40 bits per heavy atom. The Hall–Kier alpha value is -4.04. The molecule has 3 aliphatic rings. The van der Waals surface area contributed by atoms with Crippen LogP contribution < -0.4 is 10.1 Å². The molecule has 0 radical (unpaired) electrons. The van der Waals surface area contributed by atoms with E-state index < -0.39 is 11.9 Å². The third-order valence-corrected chi connectivity index (χ3v) is 8.27. The van der Waals surface area contributed by atoms with E-state index in [-0.39, 0.29) is 30.6 Å². The zero-order valence-corrected chi connectivity index (χ0v) is 22.3. The molecule has 3 amide bonds. The van der Waals surface area contributed by atoms with Crippen molar-refractivity contribution in [2.75, 3.05) is 13.1 Å². The van der Waals surface area contributed by atoms with Gasteiger partial charge in [-0.05, 0) is 79.2 Å². The first-order valence-corrected chi connectivity index (χ1v) is 13.9. The van der Waals surface area contributed by atoms with Gasteiger partial charge in [0, 0.05) is 24.1 Å². The number of nitrogens with one attached hydrogen (secondary N) is 1. The predicted molar refractivity (Wildman–Crippen MR) is 147 cm³/mol. The van der Waals surface area contributed by atoms with Crippen molar-refractivity contribution in [3.63, 3.8) is 0 Å². The number of amides is 3. The lowest BCUT2D eigenvalue weighted by molar-refractivity contribution is -0.136. The van der Waals surface area contributed by atoms with E-state index in [0.29, 0.717) is 30.3 Å². The van der Waals surface area contributed by atoms with Gasteiger partial charge in [0.05, 0.1) is 6.54 Å². The highest BCUT2D eigenvalue weighted by Crippen LogP contribution is 2.34. The van der Waals surface area contributed by atoms with Crippen LogP contribution >= 0.6 is 0 Å². The number of carbonyl (C=O) groups excluding carboxylic acids is 3. The van der Waals surface area contributed by atoms with Gasteiger partial charge >= 0.3 is 0 Å². The standard InChI is InChI=1S/C32H32FN3O4/c33-25-4-1-3-24(17-25)23-13-15-35(16-14-23)18-21-7-9-22(10-8-21)20-40-29-6-2-5-26-27(29)19-36(32(26)39)28-11-12-30(37)34-31(28)38/h1-10,17,23,28H,11-16,18-20H2,(H,34,37,38). The molecule has 2 saturated heterocycles. The highest BCUT2D eigenvalue weighted by Gasteiger charge is 2.40. The molecule has 7 nitrogen and oxygen atoms in total. The lowest BCUT2D eigenvalue weighted by atomic mass is 9.89. The molecule has 3 aliphatic heterocycles. The van der Waals surface area contributed by atoms with Crippen molar-refractivity contribution in [2.45, 2.75) is 57.3 Å². The molecule has 206 valence electrons. The summed E-state index contributed by atoms with van der Waals surface area (Å²) in [5.74, 6) is -0.0485. The zero-order valence-electron chi connectivity index (χ0n) is 22.3. The highest BCUT2D eigenvalue weighted by molar-refractivity contribution is 6.05. The molecular formula is C32H32FN3O4. The van der Waals surface area contributed by atoms with Gasteiger partial charge in [-0.25, -0.2) is 4.39 Å². The summed E-state index contributed by atoms with van der Waals surface area (Å²) in [5, 5.41) is 2.34. The number of imide groups is 1. The second-order valence-corrected chi connectivity index (χ2v) is 10.9. The van der Waals surface area contributed by atoms with Crippen LogP contribution in [0.3, 0.4) is 0 Å². The van der Waals surface area contributed by atoms with Crippen LogP contribution in [0.15, 0.2) is 66.7 Å². The molecule has 0 spiro atoms. The van der Waals surface area contributed by atoms with Crippen LogP contribution in [0.2, 0.25) is 0 Å². The van der Waals surface area contributed by atoms with Crippen LogP contribution in [0.4, 0.5) is 4.39 Å². The Balaban J connectivity index is 1.03. The van der Waals surface area contributed by atoms with Gasteiger partial charge < -0.3 is 9.64 Å². The lowest BCUT2D eigenvalue weighted by Crippen LogP contribution is -2.52. The second kappa shape index (κ2) is 11.2. The Morgan fingerprint density at radius 2 is 1.65 bits per heavy atom. The number of hydrogen-bond donors (Lipinski definition) is 1. The molecule has 3 aromatic carbocycles. The molecule has 3 heterocycles. The molecule has 0 bridgehead atoms. The smallest absolute Gasteiger partial charge is 0.255 e. The number of ether oxygens (including phenoxy) is 1. The normalized spacial score (nSPS) is 20.0. The van der Waals surface area contributed by atoms with Crippen LogP contribution in [0.1, 0.15) is 64.2 Å². The highest BCUT2D eigenvalue weighted by atomic mass is 19.1. The monoisotopic (exact) mass is 541 g/mol. The molecule has 8 heteroatoms. The van der Waals surface area contributed by atoms with E-state index in [1.54, 1.807) is 24.3 Å². The maximum atomic E-state index is 13.6. The molecule has 2 fully saturated rings. The van der Waals surface area contributed by atoms with Crippen molar-refractivity contribution in [2.24, 2.45) is 0 Å². The fourth-order valence-corrected chi connectivity index (χ4v) is 6.04. The molecule has 40 heavy (non-hydrogen) atoms. The van der Waals surface area contributed by atoms with Crippen molar-refractivity contribution in [1.29, 1.82) is 0 Å². The first-order valence-electron chi connectivity index (χ1n) is 13.9. The number of likely N-dealkylation sites (tertiary alicyclic amines) is 1. The lowest BCUT2D eigenvalue weighted by Gasteiger charge is -2.32. The molecule has 1 unspecified atom stereocenters. The van der Waals surface area contributed by atoms with Crippen molar-refractivity contribution >= 4 is 17.7 Å². The fourth-order valence-electron chi connectivity index (χ4n) is 6.04. The Bertz CT molecular complexity index is 1430. The Kier molecular flexibility index (Phi) is 7.34. The van der Waals surface area contributed by atoms with Gasteiger partial charge in [-0.3, -0.25) is 24.6 Å². The molecule has 1 N–H and O–H groups in total. The summed E-state index contributed by atoms with van der Waals surface area (Å²) >= 11 is 0. The number of nitrogens with zero attached hydrogens (tertiary/aromatic N) is 2. The summed E-state index contributed by atoms with van der Waals surface area (Å²) in [4.78, 5) is 40.9. The van der Waals surface area contributed by atoms with E-state index in [0.717, 1.165) is 49.2 Å². The summed E-state index contributed by atoms with van der Waals surface area (Å²) < 4.78 is 19.7. The third kappa shape index (κ3) is 5.49. The van der Waals surface area contributed by atoms with E-state index in [2.05, 4.69) is 34.5 Å². The maximum absolute atomic E-state index is 13.6. The van der Waals surface area contributed by atoms with Crippen LogP contribution in [0, 0.1) is 5.82 Å². The summed E-state index contributed by atoms with van der Waals surface area (Å²) in [7, 11) is 0. The number of carbonyl (C=O) groups is 3. The van der Waals surface area contributed by atoms with Crippen LogP contribution in [-0.2, 0) is 29.3 Å². The van der Waals surface area contributed by atoms with E-state index in [1.165, 1.54) is 16.5 Å². The van der Waals surface area contributed by atoms with E-state index >= 15 is 0 Å². The SMILES string of the molecule is O=C1CCC(N2Cc3c(OCc4ccc(CN5CCC(c6cccc(F)c6)CC5)cc4)cccc3C2=O)C(=O)N1. The molecular weight excluding hydrogens is 509 g/mol. The maximum Gasteiger partial charge on any atom is 0.255 e. The molecule has 3 aromatic rings. The van der Waals surface area contributed by atoms with E-state index in [9.17, 15) is 18.8 Å². The molecule has 0 aromatic heterocycles. The number of hydrogen-bond acceptors (Lipinski definition) is 5. The number of piperidine rings is 2. The number of halogens is 1. The fraction of sp³-hybridized carbons (Fsp3) is 0.344. The summed E-state index contributed by atoms with van der Waals surface area (Å²) in [6.07, 6.45) is 2.61. The van der Waals surface area contributed by atoms with E-state index in [4.69, 9.17) is 4.74 Å². The van der Waals surface area contributed by atoms with Gasteiger partial charge in [0.1, 0.15) is 24.2 Å².